The number of piperidine rings is 1. The molecule has 3 saturated heterocycles. The molecule has 8 nitrogen and oxygen atoms in total. The summed E-state index contributed by atoms with van der Waals surface area (Å²) in [6.45, 7) is 16.1. The summed E-state index contributed by atoms with van der Waals surface area (Å²) < 4.78 is 60.6. The van der Waals surface area contributed by atoms with E-state index in [0.29, 0.717) is 59.1 Å². The minimum atomic E-state index is -2.00. The summed E-state index contributed by atoms with van der Waals surface area (Å²) in [6, 6.07) is 6.84. The lowest BCUT2D eigenvalue weighted by Gasteiger charge is -2.40. The highest BCUT2D eigenvalue weighted by atomic mass is 32.1. The van der Waals surface area contributed by atoms with Gasteiger partial charge in [0.2, 0.25) is 0 Å². The molecule has 52 heavy (non-hydrogen) atoms. The van der Waals surface area contributed by atoms with Gasteiger partial charge in [0.05, 0.1) is 15.8 Å². The molecule has 2 N–H and O–H groups in total. The van der Waals surface area contributed by atoms with Crippen molar-refractivity contribution in [2.45, 2.75) is 95.7 Å². The Morgan fingerprint density at radius 3 is 2.69 bits per heavy atom. The molecular weight excluding hydrogens is 702 g/mol. The van der Waals surface area contributed by atoms with Crippen molar-refractivity contribution in [2.75, 3.05) is 43.4 Å². The summed E-state index contributed by atoms with van der Waals surface area (Å²) in [5, 5.41) is 11.1. The average molecular weight is 749 g/mol. The van der Waals surface area contributed by atoms with Crippen molar-refractivity contribution >= 4 is 51.5 Å². The largest absolute Gasteiger partial charge is 0.461 e. The number of anilines is 2. The van der Waals surface area contributed by atoms with E-state index >= 15 is 8.78 Å². The summed E-state index contributed by atoms with van der Waals surface area (Å²) in [7, 11) is -2.00. The van der Waals surface area contributed by atoms with Crippen LogP contribution in [-0.2, 0) is 4.43 Å². The molecule has 0 unspecified atom stereocenters. The van der Waals surface area contributed by atoms with Gasteiger partial charge in [-0.05, 0) is 86.5 Å². The Morgan fingerprint density at radius 1 is 1.15 bits per heavy atom. The predicted molar refractivity (Wildman–Crippen MR) is 203 cm³/mol. The van der Waals surface area contributed by atoms with Gasteiger partial charge in [-0.2, -0.15) is 15.2 Å². The molecule has 4 aliphatic rings. The maximum Gasteiger partial charge on any atom is 0.319 e. The van der Waals surface area contributed by atoms with E-state index in [1.165, 1.54) is 12.1 Å². The normalized spacial score (nSPS) is 26.4. The number of hydrogen-bond acceptors (Lipinski definition) is 9. The van der Waals surface area contributed by atoms with Crippen LogP contribution in [0.25, 0.3) is 32.1 Å². The number of ether oxygens (including phenoxy) is 1. The lowest BCUT2D eigenvalue weighted by Crippen LogP contribution is -2.46. The Bertz CT molecular complexity index is 2130. The first-order valence-corrected chi connectivity index (χ1v) is 22.2. The Morgan fingerprint density at radius 2 is 1.94 bits per heavy atom. The molecule has 2 aromatic heterocycles. The number of aromatic nitrogens is 2. The van der Waals surface area contributed by atoms with Crippen LogP contribution in [0.4, 0.5) is 24.0 Å². The van der Waals surface area contributed by atoms with Crippen LogP contribution in [0.3, 0.4) is 0 Å². The number of thiophene rings is 1. The first kappa shape index (κ1) is 35.6. The third-order valence-electron chi connectivity index (χ3n) is 12.7. The zero-order valence-electron chi connectivity index (χ0n) is 30.8. The van der Waals surface area contributed by atoms with Crippen molar-refractivity contribution in [2.24, 2.45) is 11.8 Å². The summed E-state index contributed by atoms with van der Waals surface area (Å²) in [5.74, 6) is 0.192. The minimum Gasteiger partial charge on any atom is -0.461 e. The van der Waals surface area contributed by atoms with Gasteiger partial charge in [0.1, 0.15) is 41.0 Å². The third kappa shape index (κ3) is 5.76. The van der Waals surface area contributed by atoms with Crippen molar-refractivity contribution in [3.8, 4) is 23.2 Å². The van der Waals surface area contributed by atoms with Gasteiger partial charge in [0, 0.05) is 54.4 Å². The van der Waals surface area contributed by atoms with E-state index in [9.17, 15) is 9.65 Å². The van der Waals surface area contributed by atoms with Crippen LogP contribution in [0.1, 0.15) is 64.0 Å². The summed E-state index contributed by atoms with van der Waals surface area (Å²) in [5.41, 5.74) is 7.13. The maximum atomic E-state index is 17.3. The highest BCUT2D eigenvalue weighted by molar-refractivity contribution is 7.23. The molecule has 5 atom stereocenters. The van der Waals surface area contributed by atoms with E-state index in [2.05, 4.69) is 49.7 Å². The standard InChI is InChI=1S/C39H47F3N6O2SSi/c1-21-12-26-33(32(42)30(21)25-8-9-28(41)34-31(25)27(16-43)35(44)51-34)45-37(49-20-39-10-7-11-48(39)19-24(40)15-39)46-36(26)47-17-22-13-23(18-47)29(14-22)50-52(5,6)38(2,3)4/h8-9,12,22-24,29H,7,10-11,13-15,17-20,44H2,1-6H3/t22-,23-,24-,29-,39+/m1/s1. The number of nitrogen functional groups attached to an aromatic ring is 1. The number of nitrogens with two attached hydrogens (primary N) is 1. The molecular formula is C39H47F3N6O2SSi. The van der Waals surface area contributed by atoms with E-state index in [4.69, 9.17) is 24.9 Å². The van der Waals surface area contributed by atoms with Crippen molar-refractivity contribution in [1.29, 1.82) is 5.26 Å². The van der Waals surface area contributed by atoms with Gasteiger partial charge >= 0.3 is 6.01 Å². The van der Waals surface area contributed by atoms with E-state index in [1.54, 1.807) is 0 Å². The fraction of sp³-hybridized carbons (Fsp3) is 0.564. The van der Waals surface area contributed by atoms with E-state index in [-0.39, 0.29) is 50.1 Å². The Kier molecular flexibility index (Phi) is 8.60. The van der Waals surface area contributed by atoms with Crippen LogP contribution in [-0.4, -0.2) is 73.8 Å². The molecule has 3 aliphatic heterocycles. The van der Waals surface area contributed by atoms with Crippen LogP contribution >= 0.6 is 11.3 Å². The highest BCUT2D eigenvalue weighted by Crippen LogP contribution is 2.48. The van der Waals surface area contributed by atoms with Gasteiger partial charge in [0.25, 0.3) is 0 Å². The zero-order chi connectivity index (χ0) is 36.9. The number of benzene rings is 2. The molecule has 8 rings (SSSR count). The maximum absolute atomic E-state index is 17.3. The monoisotopic (exact) mass is 748 g/mol. The Hall–Kier alpha value is -3.44. The number of alkyl halides is 1. The van der Waals surface area contributed by atoms with Gasteiger partial charge in [0.15, 0.2) is 14.1 Å². The van der Waals surface area contributed by atoms with Gasteiger partial charge < -0.3 is 19.8 Å². The van der Waals surface area contributed by atoms with Gasteiger partial charge in [-0.25, -0.2) is 13.2 Å². The quantitative estimate of drug-likeness (QED) is 0.187. The molecule has 2 aromatic carbocycles. The molecule has 2 bridgehead atoms. The van der Waals surface area contributed by atoms with E-state index in [1.807, 2.05) is 13.0 Å². The van der Waals surface area contributed by atoms with Crippen LogP contribution in [0.15, 0.2) is 18.2 Å². The SMILES string of the molecule is Cc1cc2c(N3C[C@@H]4C[C@H](C3)[C@H](O[Si](C)(C)C(C)(C)C)C4)nc(OC[C@@]34CCCN3C[C@H](F)C4)nc2c(F)c1-c1ccc(F)c2sc(N)c(C#N)c12. The topological polar surface area (TPSA) is 101 Å². The first-order chi connectivity index (χ1) is 24.6. The second-order valence-corrected chi connectivity index (χ2v) is 23.0. The number of rotatable bonds is 7. The van der Waals surface area contributed by atoms with Crippen molar-refractivity contribution in [1.82, 2.24) is 14.9 Å². The average Bonchev–Trinajstić information content (AvgIpc) is 3.79. The lowest BCUT2D eigenvalue weighted by atomic mass is 9.93. The minimum absolute atomic E-state index is 0.0495. The number of nitrogens with zero attached hydrogens (tertiary/aromatic N) is 5. The number of aryl methyl sites for hydroxylation is 1. The molecule has 4 aromatic rings. The molecule has 1 saturated carbocycles. The third-order valence-corrected chi connectivity index (χ3v) is 18.3. The molecule has 5 heterocycles. The summed E-state index contributed by atoms with van der Waals surface area (Å²) in [4.78, 5) is 14.1. The second-order valence-electron chi connectivity index (χ2n) is 17.1. The van der Waals surface area contributed by atoms with Gasteiger partial charge in [-0.1, -0.05) is 26.8 Å². The van der Waals surface area contributed by atoms with Gasteiger partial charge in [-0.15, -0.1) is 11.3 Å². The highest BCUT2D eigenvalue weighted by Gasteiger charge is 2.50. The molecule has 4 fully saturated rings. The molecule has 0 radical (unpaired) electrons. The smallest absolute Gasteiger partial charge is 0.319 e. The lowest BCUT2D eigenvalue weighted by molar-refractivity contribution is 0.107. The Labute approximate surface area is 308 Å². The van der Waals surface area contributed by atoms with Crippen molar-refractivity contribution in [3.05, 3.63) is 41.0 Å². The molecule has 0 spiro atoms. The fourth-order valence-electron chi connectivity index (χ4n) is 9.19. The van der Waals surface area contributed by atoms with Crippen LogP contribution in [0.2, 0.25) is 18.1 Å². The predicted octanol–water partition coefficient (Wildman–Crippen LogP) is 8.74. The van der Waals surface area contributed by atoms with E-state index in [0.717, 1.165) is 50.1 Å². The molecule has 1 aliphatic carbocycles. The van der Waals surface area contributed by atoms with Crippen LogP contribution in [0.5, 0.6) is 6.01 Å². The van der Waals surface area contributed by atoms with E-state index < -0.39 is 31.7 Å². The second kappa shape index (κ2) is 12.6. The van der Waals surface area contributed by atoms with Crippen molar-refractivity contribution < 1.29 is 22.3 Å². The molecule has 13 heteroatoms. The summed E-state index contributed by atoms with van der Waals surface area (Å²) >= 11 is 0.981. The Balaban J connectivity index is 1.23. The molecule has 276 valence electrons. The zero-order valence-corrected chi connectivity index (χ0v) is 32.6. The number of nitriles is 1. The number of halogens is 3. The number of hydrogen-bond donors (Lipinski definition) is 1. The van der Waals surface area contributed by atoms with Crippen LogP contribution in [0, 0.1) is 41.7 Å². The molecule has 0 amide bonds. The number of fused-ring (bicyclic) bond motifs is 5. The van der Waals surface area contributed by atoms with Crippen LogP contribution < -0.4 is 15.4 Å². The van der Waals surface area contributed by atoms with Gasteiger partial charge in [-0.3, -0.25) is 4.90 Å². The van der Waals surface area contributed by atoms with Crippen molar-refractivity contribution in [3.63, 3.8) is 0 Å². The summed E-state index contributed by atoms with van der Waals surface area (Å²) in [6.07, 6.45) is 3.48. The fourth-order valence-corrected chi connectivity index (χ4v) is 11.5. The first-order valence-electron chi connectivity index (χ1n) is 18.5.